The number of fused-ring (bicyclic) bond motifs is 1. The van der Waals surface area contributed by atoms with Crippen LogP contribution in [0.1, 0.15) is 56.6 Å². The number of hydrogen-bond donors (Lipinski definition) is 13. The normalized spacial score (nSPS) is 15.2. The second-order valence-corrected chi connectivity index (χ2v) is 14.3. The zero-order valence-electron chi connectivity index (χ0n) is 30.9. The lowest BCUT2D eigenvalue weighted by atomic mass is 9.84. The highest BCUT2D eigenvalue weighted by Crippen LogP contribution is 2.20. The average molecular weight is 806 g/mol. The third-order valence-corrected chi connectivity index (χ3v) is 9.14. The second-order valence-electron chi connectivity index (χ2n) is 13.9. The lowest BCUT2D eigenvalue weighted by Gasteiger charge is -2.39. The number of nitrogen functional groups attached to an aromatic ring is 1. The van der Waals surface area contributed by atoms with E-state index in [0.717, 1.165) is 0 Å². The minimum Gasteiger partial charge on any atom is -0.480 e. The smallest absolute Gasteiger partial charge is 0.326 e. The van der Waals surface area contributed by atoms with Gasteiger partial charge in [0.15, 0.2) is 22.7 Å². The van der Waals surface area contributed by atoms with Crippen molar-refractivity contribution >= 4 is 64.8 Å². The summed E-state index contributed by atoms with van der Waals surface area (Å²) in [7, 11) is 0. The third-order valence-electron chi connectivity index (χ3n) is 8.77. The van der Waals surface area contributed by atoms with Gasteiger partial charge in [0.25, 0.3) is 11.5 Å². The largest absolute Gasteiger partial charge is 0.480 e. The highest BCUT2D eigenvalue weighted by molar-refractivity contribution is 7.80. The summed E-state index contributed by atoms with van der Waals surface area (Å²) in [6, 6.07) is 1.25. The molecule has 6 atom stereocenters. The molecule has 22 heteroatoms. The van der Waals surface area contributed by atoms with Gasteiger partial charge in [0.05, 0.1) is 42.2 Å². The van der Waals surface area contributed by atoms with Gasteiger partial charge >= 0.3 is 11.9 Å². The topological polar surface area (TPSA) is 352 Å². The van der Waals surface area contributed by atoms with Crippen LogP contribution in [0.2, 0.25) is 0 Å². The summed E-state index contributed by atoms with van der Waals surface area (Å²) in [6.07, 6.45) is -5.56. The maximum atomic E-state index is 13.8. The molecule has 306 valence electrons. The molecule has 0 radical (unpaired) electrons. The number of aliphatic hydroxyl groups is 4. The standard InChI is InChI=1S/C34H47N9O12S/c1-33(2,43-22(25(48)24(47)20(45)13-44)26(49)34(3,4)42-19(14-56)31(54)55)21(46)10-9-18(30(52)53)39-28(50)15-5-7-16(8-6-15)36-11-17-12-37-27-23(38-17)29(51)41-32(35)40-27/h5-8,12,18-20,22,24-25,36,42-45,47-48,56H,9-11,13-14H2,1-4H3,(H,39,50)(H,52,53)(H,54,55)(H3,35,37,40,41,51). The van der Waals surface area contributed by atoms with Crippen molar-refractivity contribution in [1.29, 1.82) is 0 Å². The molecule has 0 saturated carbocycles. The maximum Gasteiger partial charge on any atom is 0.326 e. The van der Waals surface area contributed by atoms with E-state index in [0.29, 0.717) is 11.4 Å². The van der Waals surface area contributed by atoms with E-state index in [4.69, 9.17) is 5.73 Å². The summed E-state index contributed by atoms with van der Waals surface area (Å²) in [6.45, 7) is 4.38. The van der Waals surface area contributed by atoms with Crippen molar-refractivity contribution in [1.82, 2.24) is 35.9 Å². The Hall–Kier alpha value is -5.10. The number of thiol groups is 1. The number of aromatic amines is 1. The zero-order valence-corrected chi connectivity index (χ0v) is 31.8. The Labute approximate surface area is 325 Å². The summed E-state index contributed by atoms with van der Waals surface area (Å²) in [4.78, 5) is 90.7. The number of nitrogens with one attached hydrogen (secondary N) is 5. The van der Waals surface area contributed by atoms with Gasteiger partial charge in [-0.25, -0.2) is 14.8 Å². The number of carbonyl (C=O) groups is 5. The molecule has 0 aliphatic carbocycles. The number of carboxylic acid groups (broad SMARTS) is 2. The molecule has 3 aromatic rings. The van der Waals surface area contributed by atoms with Crippen LogP contribution in [0.5, 0.6) is 0 Å². The first kappa shape index (κ1) is 45.3. The van der Waals surface area contributed by atoms with Crippen molar-refractivity contribution in [2.45, 2.75) is 94.6 Å². The van der Waals surface area contributed by atoms with Crippen LogP contribution in [0.25, 0.3) is 11.2 Å². The quantitative estimate of drug-likeness (QED) is 0.0470. The number of hydrogen-bond acceptors (Lipinski definition) is 18. The number of carbonyl (C=O) groups excluding carboxylic acids is 3. The molecule has 0 aliphatic rings. The van der Waals surface area contributed by atoms with Crippen molar-refractivity contribution in [3.63, 3.8) is 0 Å². The first-order valence-electron chi connectivity index (χ1n) is 17.1. The predicted octanol–water partition coefficient (Wildman–Crippen LogP) is -2.43. The van der Waals surface area contributed by atoms with Crippen molar-refractivity contribution < 1.29 is 54.6 Å². The molecule has 0 spiro atoms. The van der Waals surface area contributed by atoms with Crippen molar-refractivity contribution in [3.8, 4) is 0 Å². The number of benzene rings is 1. The van der Waals surface area contributed by atoms with Crippen molar-refractivity contribution in [2.24, 2.45) is 0 Å². The van der Waals surface area contributed by atoms with E-state index < -0.39 is 102 Å². The van der Waals surface area contributed by atoms with Crippen LogP contribution in [-0.4, -0.2) is 140 Å². The van der Waals surface area contributed by atoms with Crippen molar-refractivity contribution in [3.05, 3.63) is 52.1 Å². The molecule has 6 unspecified atom stereocenters. The molecular weight excluding hydrogens is 758 g/mol. The number of carboxylic acids is 2. The molecular formula is C34H47N9O12S. The summed E-state index contributed by atoms with van der Waals surface area (Å²) >= 11 is 3.98. The van der Waals surface area contributed by atoms with Gasteiger partial charge in [-0.05, 0) is 58.4 Å². The van der Waals surface area contributed by atoms with E-state index in [-0.39, 0.29) is 35.0 Å². The van der Waals surface area contributed by atoms with Gasteiger partial charge in [0.2, 0.25) is 5.95 Å². The fourth-order valence-corrected chi connectivity index (χ4v) is 5.71. The van der Waals surface area contributed by atoms with Gasteiger partial charge in [0, 0.05) is 23.4 Å². The third kappa shape index (κ3) is 11.7. The first-order valence-corrected chi connectivity index (χ1v) is 17.8. The molecule has 0 bridgehead atoms. The first-order chi connectivity index (χ1) is 26.1. The van der Waals surface area contributed by atoms with Crippen LogP contribution in [0.3, 0.4) is 0 Å². The van der Waals surface area contributed by atoms with Crippen LogP contribution in [-0.2, 0) is 25.7 Å². The number of nitrogens with zero attached hydrogens (tertiary/aromatic N) is 3. The summed E-state index contributed by atoms with van der Waals surface area (Å²) in [5.74, 6) is -5.47. The van der Waals surface area contributed by atoms with Gasteiger partial charge in [-0.15, -0.1) is 0 Å². The van der Waals surface area contributed by atoms with Crippen LogP contribution in [0.15, 0.2) is 35.3 Å². The number of anilines is 2. The Kier molecular flexibility index (Phi) is 15.5. The van der Waals surface area contributed by atoms with Gasteiger partial charge in [-0.3, -0.25) is 39.6 Å². The van der Waals surface area contributed by atoms with Gasteiger partial charge in [0.1, 0.15) is 30.4 Å². The second kappa shape index (κ2) is 19.2. The molecule has 0 fully saturated rings. The Bertz CT molecular complexity index is 1960. The van der Waals surface area contributed by atoms with Crippen LogP contribution < -0.4 is 32.6 Å². The highest BCUT2D eigenvalue weighted by Gasteiger charge is 2.46. The Morgan fingerprint density at radius 3 is 2.11 bits per heavy atom. The van der Waals surface area contributed by atoms with E-state index >= 15 is 0 Å². The zero-order chi connectivity index (χ0) is 42.1. The molecule has 0 saturated heterocycles. The Morgan fingerprint density at radius 1 is 0.911 bits per heavy atom. The number of aromatic nitrogens is 4. The van der Waals surface area contributed by atoms with Gasteiger partial charge in [-0.1, -0.05) is 0 Å². The number of H-pyrrole nitrogens is 1. The lowest BCUT2D eigenvalue weighted by molar-refractivity contribution is -0.142. The Balaban J connectivity index is 1.68. The lowest BCUT2D eigenvalue weighted by Crippen LogP contribution is -2.68. The molecule has 0 aliphatic heterocycles. The van der Waals surface area contributed by atoms with Crippen molar-refractivity contribution in [2.75, 3.05) is 23.4 Å². The minimum absolute atomic E-state index is 0.00213. The SMILES string of the molecule is CC(C)(NC(C(=O)C(C)(C)NC(CS)C(=O)O)C(O)C(O)C(O)CO)C(=O)CCC(NC(=O)c1ccc(NCc2cnc3nc(N)[nH]c(=O)c3n2)cc1)C(=O)O. The number of Topliss-reactive ketones (excluding diaryl/α,β-unsaturated/α-hetero) is 2. The molecule has 2 heterocycles. The van der Waals surface area contributed by atoms with E-state index in [1.807, 2.05) is 0 Å². The summed E-state index contributed by atoms with van der Waals surface area (Å²) in [5.41, 5.74) is 2.67. The maximum absolute atomic E-state index is 13.8. The van der Waals surface area contributed by atoms with E-state index in [1.165, 1.54) is 46.0 Å². The van der Waals surface area contributed by atoms with Crippen LogP contribution in [0.4, 0.5) is 11.6 Å². The summed E-state index contributed by atoms with van der Waals surface area (Å²) < 4.78 is 0. The van der Waals surface area contributed by atoms with Gasteiger partial charge in [-0.2, -0.15) is 17.6 Å². The number of aliphatic hydroxyl groups excluding tert-OH is 4. The molecule has 1 amide bonds. The van der Waals surface area contributed by atoms with E-state index in [2.05, 4.69) is 53.8 Å². The monoisotopic (exact) mass is 805 g/mol. The number of nitrogens with two attached hydrogens (primary N) is 1. The number of rotatable bonds is 22. The average Bonchev–Trinajstić information content (AvgIpc) is 3.15. The fourth-order valence-electron chi connectivity index (χ4n) is 5.46. The molecule has 21 nitrogen and oxygen atoms in total. The molecule has 13 N–H and O–H groups in total. The number of amides is 1. The fraction of sp³-hybridized carbons (Fsp3) is 0.500. The molecule has 56 heavy (non-hydrogen) atoms. The van der Waals surface area contributed by atoms with E-state index in [1.54, 1.807) is 12.1 Å². The molecule has 2 aromatic heterocycles. The predicted molar refractivity (Wildman–Crippen MR) is 203 cm³/mol. The Morgan fingerprint density at radius 2 is 1.54 bits per heavy atom. The minimum atomic E-state index is -2.12. The number of aliphatic carboxylic acids is 2. The van der Waals surface area contributed by atoms with Gasteiger partial charge < -0.3 is 47.0 Å². The number of ketones is 2. The molecule has 3 rings (SSSR count). The summed E-state index contributed by atoms with van der Waals surface area (Å²) in [5, 5.41) is 70.8. The van der Waals surface area contributed by atoms with Crippen LogP contribution >= 0.6 is 12.6 Å². The highest BCUT2D eigenvalue weighted by atomic mass is 32.1. The molecule has 1 aromatic carbocycles. The van der Waals surface area contributed by atoms with Crippen LogP contribution in [0, 0.1) is 0 Å². The van der Waals surface area contributed by atoms with E-state index in [9.17, 15) is 59.4 Å².